The van der Waals surface area contributed by atoms with Crippen molar-refractivity contribution in [3.8, 4) is 0 Å². The molecule has 4 heterocycles. The number of likely N-dealkylation sites (N-methyl/N-ethyl adjacent to an activating group) is 1. The summed E-state index contributed by atoms with van der Waals surface area (Å²) in [7, 11) is 1.66. The van der Waals surface area contributed by atoms with E-state index in [0.29, 0.717) is 90.8 Å². The van der Waals surface area contributed by atoms with Gasteiger partial charge in [-0.25, -0.2) is 0 Å². The fourth-order valence-corrected chi connectivity index (χ4v) is 10.7. The largest absolute Gasteiger partial charge is 0.394 e. The molecule has 0 spiro atoms. The second kappa shape index (κ2) is 41.2. The molecule has 0 saturated carbocycles. The first kappa shape index (κ1) is 77.0. The summed E-state index contributed by atoms with van der Waals surface area (Å²) in [5.74, 6) is -1.15. The number of unbranched alkanes of at least 4 members (excludes halogenated alkanes) is 4. The van der Waals surface area contributed by atoms with E-state index in [-0.39, 0.29) is 43.9 Å². The molecule has 0 radical (unpaired) electrons. The predicted octanol–water partition coefficient (Wildman–Crippen LogP) is -6.04. The molecule has 0 bridgehead atoms. The molecule has 4 aliphatic rings. The highest BCUT2D eigenvalue weighted by atomic mass is 16.7. The smallest absolute Gasteiger partial charge is 0.220 e. The molecular weight excluding hydrogens is 1140 g/mol. The highest BCUT2D eigenvalue weighted by Gasteiger charge is 2.47. The van der Waals surface area contributed by atoms with Crippen molar-refractivity contribution in [3.05, 3.63) is 0 Å². The first-order valence-corrected chi connectivity index (χ1v) is 30.4. The lowest BCUT2D eigenvalue weighted by Gasteiger charge is -2.42. The van der Waals surface area contributed by atoms with Gasteiger partial charge < -0.3 is 126 Å². The Morgan fingerprint density at radius 1 is 0.453 bits per heavy atom. The number of hydrogen-bond acceptors (Lipinski definition) is 26. The van der Waals surface area contributed by atoms with Crippen LogP contribution in [0.2, 0.25) is 0 Å². The van der Waals surface area contributed by atoms with Crippen molar-refractivity contribution in [2.45, 2.75) is 234 Å². The average Bonchev–Trinajstić information content (AvgIpc) is 1.63. The van der Waals surface area contributed by atoms with Crippen molar-refractivity contribution in [1.29, 1.82) is 0 Å². The molecule has 0 aromatic heterocycles. The van der Waals surface area contributed by atoms with E-state index in [4.69, 9.17) is 28.4 Å². The summed E-state index contributed by atoms with van der Waals surface area (Å²) in [4.78, 5) is 62.9. The Morgan fingerprint density at radius 3 is 1.21 bits per heavy atom. The Bertz CT molecular complexity index is 1940. The van der Waals surface area contributed by atoms with Crippen LogP contribution in [0.25, 0.3) is 0 Å². The normalized spacial score (nSPS) is 32.9. The van der Waals surface area contributed by atoms with Crippen LogP contribution < -0.4 is 26.6 Å². The van der Waals surface area contributed by atoms with Gasteiger partial charge in [-0.15, -0.1) is 0 Å². The van der Waals surface area contributed by atoms with Gasteiger partial charge in [-0.3, -0.25) is 24.0 Å². The third-order valence-corrected chi connectivity index (χ3v) is 15.7. The lowest BCUT2D eigenvalue weighted by Crippen LogP contribution is -2.64. The number of amides is 4. The highest BCUT2D eigenvalue weighted by Crippen LogP contribution is 2.27. The molecule has 4 aliphatic heterocycles. The fraction of sp³-hybridized carbons (Fsp3) is 0.911. The fourth-order valence-electron chi connectivity index (χ4n) is 10.7. The van der Waals surface area contributed by atoms with Gasteiger partial charge in [0.15, 0.2) is 18.4 Å². The number of aliphatic hydroxyl groups excluding tert-OH is 12. The summed E-state index contributed by atoms with van der Waals surface area (Å²) in [5.41, 5.74) is 0. The molecule has 0 unspecified atom stereocenters. The maximum atomic E-state index is 12.0. The Morgan fingerprint density at radius 2 is 0.837 bits per heavy atom. The third-order valence-electron chi connectivity index (χ3n) is 15.7. The molecule has 4 amide bonds. The summed E-state index contributed by atoms with van der Waals surface area (Å²) >= 11 is 0. The molecular formula is C56H105N7O23. The number of ether oxygens (including phenoxy) is 6. The standard InChI is InChI=1S/C29H54N4O12.C27H51N3O11/c1-17-24(38)28(42)25(39)20(44-17)8-7-11-33(10-6-4-5-9-22(37)31-15-19(36)14-30-3)12-13-43-29-23(32-18(2)35)27(41)26(40)21(16-34)45-29;1-4-28-20(33)10-6-5-7-11-30(12-8-9-18-23(35)26(38)22(34)16(2)40-18)13-14-39-27-21(29-17(3)32)25(37)24(36)19(15-31)41-27/h17,20-21,23-30,34,38-42H,4-16H2,1-3H3,(H,31,37)(H,32,35);16,18-19,21-27,31,34-38H,4-15H2,1-3H3,(H,28,33)(H,29,32)/t17-,20-,21+,23+,24+,25+,26+,27+,28+,29+;16-,18-,19+,21+,22+,23+,24+,25+,26+,27+/m00/s1. The summed E-state index contributed by atoms with van der Waals surface area (Å²) < 4.78 is 34.4. The molecule has 502 valence electrons. The van der Waals surface area contributed by atoms with Crippen LogP contribution in [-0.4, -0.2) is 315 Å². The van der Waals surface area contributed by atoms with Crippen molar-refractivity contribution in [1.82, 2.24) is 36.4 Å². The van der Waals surface area contributed by atoms with Crippen molar-refractivity contribution < 1.29 is 114 Å². The average molecular weight is 1240 g/mol. The van der Waals surface area contributed by atoms with E-state index in [9.17, 15) is 85.3 Å². The van der Waals surface area contributed by atoms with Crippen LogP contribution in [0.5, 0.6) is 0 Å². The number of carbonyl (C=O) groups excluding carboxylic acids is 5. The van der Waals surface area contributed by atoms with Gasteiger partial charge in [0, 0.05) is 46.3 Å². The number of nitrogens with zero attached hydrogens (tertiary/aromatic N) is 2. The van der Waals surface area contributed by atoms with Gasteiger partial charge in [-0.1, -0.05) is 12.8 Å². The molecule has 20 atom stereocenters. The number of ketones is 1. The van der Waals surface area contributed by atoms with Crippen molar-refractivity contribution in [2.75, 3.05) is 92.4 Å². The summed E-state index contributed by atoms with van der Waals surface area (Å²) in [6.45, 7) is 11.1. The van der Waals surface area contributed by atoms with Crippen LogP contribution in [0.1, 0.15) is 112 Å². The van der Waals surface area contributed by atoms with E-state index >= 15 is 0 Å². The van der Waals surface area contributed by atoms with E-state index in [2.05, 4.69) is 36.4 Å². The summed E-state index contributed by atoms with van der Waals surface area (Å²) in [6, 6.07) is -2.08. The SMILES string of the molecule is CCNC(=O)CCCCCN(CCC[C@@H]1O[C@@H](C)[C@@H](O)[C@@H](O)[C@@H]1O)CCO[C@@H]1O[C@H](CO)[C@@H](O)[C@H](O)[C@H]1NC(C)=O.CNCC(=O)CNC(=O)CCCCCN(CCC[C@@H]1O[C@@H](C)[C@@H](O)[C@@H](O)[C@@H]1O)CCO[C@@H]1O[C@H](CO)[C@@H](O)[C@H](O)[C@H]1NC(C)=O. The molecule has 30 nitrogen and oxygen atoms in total. The van der Waals surface area contributed by atoms with Crippen molar-refractivity contribution in [2.24, 2.45) is 0 Å². The molecule has 17 N–H and O–H groups in total. The van der Waals surface area contributed by atoms with Gasteiger partial charge in [0.1, 0.15) is 85.3 Å². The molecule has 4 fully saturated rings. The van der Waals surface area contributed by atoms with E-state index in [1.54, 1.807) is 20.9 Å². The Balaban J connectivity index is 0.000000452. The molecule has 86 heavy (non-hydrogen) atoms. The third kappa shape index (κ3) is 26.3. The monoisotopic (exact) mass is 1240 g/mol. The second-order valence-corrected chi connectivity index (χ2v) is 22.7. The van der Waals surface area contributed by atoms with Crippen LogP contribution in [0.4, 0.5) is 0 Å². The maximum Gasteiger partial charge on any atom is 0.220 e. The maximum absolute atomic E-state index is 12.0. The lowest BCUT2D eigenvalue weighted by molar-refractivity contribution is -0.270. The zero-order valence-electron chi connectivity index (χ0n) is 51.0. The number of Topliss-reactive ketones (excluding diaryl/α,β-unsaturated/α-hetero) is 1. The first-order chi connectivity index (χ1) is 40.9. The number of aliphatic hydroxyl groups is 12. The Labute approximate surface area is 504 Å². The van der Waals surface area contributed by atoms with Gasteiger partial charge in [-0.2, -0.15) is 0 Å². The minimum absolute atomic E-state index is 0.00976. The van der Waals surface area contributed by atoms with E-state index in [0.717, 1.165) is 32.1 Å². The van der Waals surface area contributed by atoms with E-state index in [1.807, 2.05) is 6.92 Å². The highest BCUT2D eigenvalue weighted by molar-refractivity contribution is 5.87. The van der Waals surface area contributed by atoms with Crippen LogP contribution in [0, 0.1) is 0 Å². The lowest BCUT2D eigenvalue weighted by atomic mass is 9.93. The number of rotatable bonds is 37. The minimum Gasteiger partial charge on any atom is -0.394 e. The van der Waals surface area contributed by atoms with Crippen LogP contribution in [-0.2, 0) is 52.4 Å². The molecule has 4 rings (SSSR count). The number of hydrogen-bond donors (Lipinski definition) is 17. The van der Waals surface area contributed by atoms with Crippen LogP contribution in [0.3, 0.4) is 0 Å². The van der Waals surface area contributed by atoms with Crippen molar-refractivity contribution in [3.63, 3.8) is 0 Å². The van der Waals surface area contributed by atoms with Crippen molar-refractivity contribution >= 4 is 29.4 Å². The molecule has 30 heteroatoms. The molecule has 0 aliphatic carbocycles. The Hall–Kier alpha value is -3.29. The second-order valence-electron chi connectivity index (χ2n) is 22.7. The van der Waals surface area contributed by atoms with E-state index < -0.39 is 147 Å². The zero-order valence-corrected chi connectivity index (χ0v) is 51.0. The van der Waals surface area contributed by atoms with Gasteiger partial charge in [0.2, 0.25) is 23.6 Å². The minimum atomic E-state index is -1.42. The molecule has 0 aromatic rings. The van der Waals surface area contributed by atoms with Crippen LogP contribution >= 0.6 is 0 Å². The Kier molecular flexibility index (Phi) is 36.8. The first-order valence-electron chi connectivity index (χ1n) is 30.4. The topological polar surface area (TPSA) is 450 Å². The number of nitrogens with one attached hydrogen (secondary N) is 5. The summed E-state index contributed by atoms with van der Waals surface area (Å²) in [5, 5.41) is 135. The van der Waals surface area contributed by atoms with Gasteiger partial charge in [0.05, 0.1) is 63.9 Å². The number of carbonyl (C=O) groups is 5. The summed E-state index contributed by atoms with van der Waals surface area (Å²) in [6.07, 6.45) is -12.4. The predicted molar refractivity (Wildman–Crippen MR) is 306 cm³/mol. The van der Waals surface area contributed by atoms with Crippen LogP contribution in [0.15, 0.2) is 0 Å². The van der Waals surface area contributed by atoms with Gasteiger partial charge in [-0.05, 0) is 105 Å². The van der Waals surface area contributed by atoms with Gasteiger partial charge >= 0.3 is 0 Å². The van der Waals surface area contributed by atoms with E-state index in [1.165, 1.54) is 13.8 Å². The zero-order chi connectivity index (χ0) is 64.0. The molecule has 4 saturated heterocycles. The van der Waals surface area contributed by atoms with Gasteiger partial charge in [0.25, 0.3) is 0 Å². The quantitative estimate of drug-likeness (QED) is 0.0258. The molecule has 0 aromatic carbocycles.